The molecule has 1 amide bonds. The Morgan fingerprint density at radius 2 is 1.82 bits per heavy atom. The first-order valence-electron chi connectivity index (χ1n) is 12.1. The number of carbonyl (C=O) groups excluding carboxylic acids is 1. The van der Waals surface area contributed by atoms with Gasteiger partial charge < -0.3 is 19.1 Å². The van der Waals surface area contributed by atoms with Gasteiger partial charge in [-0.15, -0.1) is 0 Å². The van der Waals surface area contributed by atoms with Crippen LogP contribution in [0.2, 0.25) is 0 Å². The molecule has 0 aliphatic carbocycles. The molecule has 2 fully saturated rings. The molecule has 6 rings (SSSR count). The maximum absolute atomic E-state index is 13.1. The average Bonchev–Trinajstić information content (AvgIpc) is 3.59. The number of aryl methyl sites for hydroxylation is 1. The van der Waals surface area contributed by atoms with Crippen LogP contribution >= 0.6 is 0 Å². The van der Waals surface area contributed by atoms with E-state index in [0.29, 0.717) is 13.1 Å². The predicted molar refractivity (Wildman–Crippen MR) is 126 cm³/mol. The van der Waals surface area contributed by atoms with Crippen LogP contribution < -0.4 is 4.74 Å². The van der Waals surface area contributed by atoms with Gasteiger partial charge in [0.25, 0.3) is 5.91 Å². The topological polar surface area (TPSA) is 55.5 Å². The summed E-state index contributed by atoms with van der Waals surface area (Å²) in [5.41, 5.74) is 3.79. The molecule has 0 N–H and O–H groups in total. The summed E-state index contributed by atoms with van der Waals surface area (Å²) in [7, 11) is 1.92. The molecule has 0 unspecified atom stereocenters. The fourth-order valence-corrected chi connectivity index (χ4v) is 5.72. The Balaban J connectivity index is 1.28. The molecule has 2 saturated heterocycles. The number of carbonyl (C=O) groups is 1. The first kappa shape index (κ1) is 20.5. The maximum Gasteiger partial charge on any atom is 0.270 e. The largest absolute Gasteiger partial charge is 0.482 e. The lowest BCUT2D eigenvalue weighted by atomic mass is 9.81. The van der Waals surface area contributed by atoms with Crippen LogP contribution in [-0.2, 0) is 19.2 Å². The Kier molecular flexibility index (Phi) is 5.02. The summed E-state index contributed by atoms with van der Waals surface area (Å²) in [6.07, 6.45) is 8.07. The summed E-state index contributed by atoms with van der Waals surface area (Å²) >= 11 is 0. The first-order valence-corrected chi connectivity index (χ1v) is 12.1. The van der Waals surface area contributed by atoms with Crippen LogP contribution in [-0.4, -0.2) is 62.8 Å². The highest BCUT2D eigenvalue weighted by Gasteiger charge is 2.46. The van der Waals surface area contributed by atoms with E-state index in [9.17, 15) is 4.79 Å². The standard InChI is InChI=1S/C26H31N5O2/c1-28-12-6-8-22(28)25(32)30-15-10-26(11-16-30)21-19-27-31(18-17-29-13-4-5-14-29)24(21)20-7-2-3-9-23(20)33-26/h2-3,6-9,12,19H,4-5,10-11,13-18H2,1H3. The number of fused-ring (bicyclic) bond motifs is 4. The molecule has 0 radical (unpaired) electrons. The smallest absolute Gasteiger partial charge is 0.270 e. The molecule has 3 aliphatic rings. The molecular formula is C26H31N5O2. The van der Waals surface area contributed by atoms with Crippen molar-refractivity contribution in [1.29, 1.82) is 0 Å². The van der Waals surface area contributed by atoms with Gasteiger partial charge in [-0.1, -0.05) is 12.1 Å². The van der Waals surface area contributed by atoms with Gasteiger partial charge in [0.2, 0.25) is 0 Å². The van der Waals surface area contributed by atoms with Crippen LogP contribution in [0.3, 0.4) is 0 Å². The third kappa shape index (κ3) is 3.46. The number of benzene rings is 1. The van der Waals surface area contributed by atoms with Crippen LogP contribution in [0.5, 0.6) is 5.75 Å². The van der Waals surface area contributed by atoms with Crippen molar-refractivity contribution in [2.75, 3.05) is 32.7 Å². The molecule has 5 heterocycles. The van der Waals surface area contributed by atoms with Gasteiger partial charge in [-0.25, -0.2) is 0 Å². The number of para-hydroxylation sites is 1. The highest BCUT2D eigenvalue weighted by molar-refractivity contribution is 5.92. The van der Waals surface area contributed by atoms with Crippen LogP contribution in [0, 0.1) is 0 Å². The number of ether oxygens (including phenoxy) is 1. The number of rotatable bonds is 4. The van der Waals surface area contributed by atoms with E-state index in [0.717, 1.165) is 42.9 Å². The van der Waals surface area contributed by atoms with Crippen LogP contribution in [0.4, 0.5) is 0 Å². The van der Waals surface area contributed by atoms with E-state index >= 15 is 0 Å². The van der Waals surface area contributed by atoms with Gasteiger partial charge in [-0.3, -0.25) is 9.48 Å². The predicted octanol–water partition coefficient (Wildman–Crippen LogP) is 3.51. The first-order chi connectivity index (χ1) is 16.1. The Hall–Kier alpha value is -3.06. The van der Waals surface area contributed by atoms with E-state index in [4.69, 9.17) is 9.84 Å². The molecule has 7 nitrogen and oxygen atoms in total. The second-order valence-electron chi connectivity index (χ2n) is 9.57. The summed E-state index contributed by atoms with van der Waals surface area (Å²) in [4.78, 5) is 17.5. The van der Waals surface area contributed by atoms with E-state index in [-0.39, 0.29) is 5.91 Å². The Labute approximate surface area is 194 Å². The van der Waals surface area contributed by atoms with Gasteiger partial charge in [0.15, 0.2) is 0 Å². The lowest BCUT2D eigenvalue weighted by Gasteiger charge is -2.44. The van der Waals surface area contributed by atoms with Crippen molar-refractivity contribution in [2.45, 2.75) is 37.8 Å². The Bertz CT molecular complexity index is 1170. The SMILES string of the molecule is Cn1cccc1C(=O)N1CCC2(CC1)Oc1ccccc1-c1c2cnn1CCN1CCCC1. The minimum Gasteiger partial charge on any atom is -0.482 e. The summed E-state index contributed by atoms with van der Waals surface area (Å²) in [5.74, 6) is 1.02. The average molecular weight is 446 g/mol. The number of piperidine rings is 1. The minimum absolute atomic E-state index is 0.0927. The lowest BCUT2D eigenvalue weighted by molar-refractivity contribution is -0.00202. The van der Waals surface area contributed by atoms with Crippen molar-refractivity contribution in [2.24, 2.45) is 7.05 Å². The molecule has 1 aromatic carbocycles. The zero-order chi connectivity index (χ0) is 22.4. The molecule has 0 atom stereocenters. The zero-order valence-corrected chi connectivity index (χ0v) is 19.2. The quantitative estimate of drug-likeness (QED) is 0.617. The molecule has 3 aromatic rings. The number of aromatic nitrogens is 3. The van der Waals surface area contributed by atoms with Gasteiger partial charge in [0, 0.05) is 56.8 Å². The highest BCUT2D eigenvalue weighted by Crippen LogP contribution is 2.49. The van der Waals surface area contributed by atoms with Gasteiger partial charge in [-0.2, -0.15) is 5.10 Å². The van der Waals surface area contributed by atoms with Crippen molar-refractivity contribution in [1.82, 2.24) is 24.1 Å². The molecule has 172 valence electrons. The molecule has 3 aliphatic heterocycles. The molecule has 7 heteroatoms. The summed E-state index contributed by atoms with van der Waals surface area (Å²) in [6, 6.07) is 12.1. The molecule has 33 heavy (non-hydrogen) atoms. The number of hydrogen-bond acceptors (Lipinski definition) is 4. The van der Waals surface area contributed by atoms with Crippen molar-refractivity contribution >= 4 is 5.91 Å². The highest BCUT2D eigenvalue weighted by atomic mass is 16.5. The summed E-state index contributed by atoms with van der Waals surface area (Å²) in [6.45, 7) is 5.65. The van der Waals surface area contributed by atoms with Crippen LogP contribution in [0.25, 0.3) is 11.3 Å². The fourth-order valence-electron chi connectivity index (χ4n) is 5.72. The van der Waals surface area contributed by atoms with Crippen LogP contribution in [0.15, 0.2) is 48.8 Å². The third-order valence-electron chi connectivity index (χ3n) is 7.63. The fraction of sp³-hybridized carbons (Fsp3) is 0.462. The van der Waals surface area contributed by atoms with Gasteiger partial charge in [0.05, 0.1) is 18.4 Å². The molecular weight excluding hydrogens is 414 g/mol. The van der Waals surface area contributed by atoms with E-state index < -0.39 is 5.60 Å². The lowest BCUT2D eigenvalue weighted by Crippen LogP contribution is -2.49. The number of likely N-dealkylation sites (tertiary alicyclic amines) is 2. The van der Waals surface area contributed by atoms with Crippen molar-refractivity contribution in [3.8, 4) is 17.0 Å². The van der Waals surface area contributed by atoms with E-state index in [1.807, 2.05) is 47.1 Å². The number of hydrogen-bond donors (Lipinski definition) is 0. The Morgan fingerprint density at radius 3 is 2.58 bits per heavy atom. The van der Waals surface area contributed by atoms with E-state index in [1.165, 1.54) is 37.2 Å². The van der Waals surface area contributed by atoms with Gasteiger partial charge >= 0.3 is 0 Å². The van der Waals surface area contributed by atoms with E-state index in [2.05, 4.69) is 27.8 Å². The molecule has 1 spiro atoms. The maximum atomic E-state index is 13.1. The van der Waals surface area contributed by atoms with Crippen LogP contribution in [0.1, 0.15) is 41.7 Å². The molecule has 0 saturated carbocycles. The molecule has 0 bridgehead atoms. The van der Waals surface area contributed by atoms with Gasteiger partial charge in [-0.05, 0) is 50.2 Å². The minimum atomic E-state index is -0.430. The molecule has 2 aromatic heterocycles. The second-order valence-corrected chi connectivity index (χ2v) is 9.57. The zero-order valence-electron chi connectivity index (χ0n) is 19.2. The second kappa shape index (κ2) is 8.06. The number of amides is 1. The summed E-state index contributed by atoms with van der Waals surface area (Å²) < 4.78 is 10.8. The van der Waals surface area contributed by atoms with Crippen molar-refractivity contribution in [3.63, 3.8) is 0 Å². The third-order valence-corrected chi connectivity index (χ3v) is 7.63. The van der Waals surface area contributed by atoms with Crippen molar-refractivity contribution < 1.29 is 9.53 Å². The number of nitrogens with zero attached hydrogens (tertiary/aromatic N) is 5. The Morgan fingerprint density at radius 1 is 1.03 bits per heavy atom. The van der Waals surface area contributed by atoms with Gasteiger partial charge in [0.1, 0.15) is 17.0 Å². The van der Waals surface area contributed by atoms with E-state index in [1.54, 1.807) is 0 Å². The summed E-state index contributed by atoms with van der Waals surface area (Å²) in [5, 5.41) is 4.84. The van der Waals surface area contributed by atoms with Crippen molar-refractivity contribution in [3.05, 3.63) is 60.0 Å². The monoisotopic (exact) mass is 445 g/mol. The normalized spacial score (nSPS) is 19.4.